The number of aromatic amines is 1. The lowest BCUT2D eigenvalue weighted by atomic mass is 9.99. The van der Waals surface area contributed by atoms with Crippen molar-refractivity contribution in [3.05, 3.63) is 23.9 Å². The predicted molar refractivity (Wildman–Crippen MR) is 145 cm³/mol. The van der Waals surface area contributed by atoms with E-state index in [1.54, 1.807) is 14.2 Å². The van der Waals surface area contributed by atoms with Gasteiger partial charge in [-0.05, 0) is 44.9 Å². The van der Waals surface area contributed by atoms with Crippen molar-refractivity contribution in [3.63, 3.8) is 0 Å². The van der Waals surface area contributed by atoms with Crippen LogP contribution in [0.25, 0.3) is 10.9 Å². The van der Waals surface area contributed by atoms with Crippen LogP contribution in [-0.2, 0) is 11.2 Å². The Balaban J connectivity index is 0.00000363. The molecule has 2 aromatic rings. The number of fused-ring (bicyclic) bond motifs is 1. The summed E-state index contributed by atoms with van der Waals surface area (Å²) in [7, 11) is 3.36. The molecule has 1 saturated heterocycles. The molecule has 1 aliphatic rings. The van der Waals surface area contributed by atoms with Gasteiger partial charge in [0.2, 0.25) is 0 Å². The Morgan fingerprint density at radius 3 is 2.62 bits per heavy atom. The van der Waals surface area contributed by atoms with E-state index in [4.69, 9.17) is 19.2 Å². The molecule has 3 rings (SSSR count). The van der Waals surface area contributed by atoms with Crippen LogP contribution in [-0.4, -0.2) is 69.0 Å². The van der Waals surface area contributed by atoms with Crippen molar-refractivity contribution < 1.29 is 14.2 Å². The molecule has 9 heteroatoms. The average Bonchev–Trinajstić information content (AvgIpc) is 3.22. The van der Waals surface area contributed by atoms with Gasteiger partial charge in [-0.1, -0.05) is 0 Å². The van der Waals surface area contributed by atoms with Crippen molar-refractivity contribution in [2.24, 2.45) is 4.99 Å². The quantitative estimate of drug-likeness (QED) is 0.170. The van der Waals surface area contributed by atoms with E-state index in [2.05, 4.69) is 34.9 Å². The fraction of sp³-hybridized carbons (Fsp3) is 0.609. The van der Waals surface area contributed by atoms with Gasteiger partial charge in [-0.3, -0.25) is 4.99 Å². The zero-order chi connectivity index (χ0) is 22.1. The van der Waals surface area contributed by atoms with Crippen LogP contribution in [0.2, 0.25) is 0 Å². The van der Waals surface area contributed by atoms with Gasteiger partial charge in [0.15, 0.2) is 5.96 Å². The number of hydrogen-bond acceptors (Lipinski definition) is 5. The Morgan fingerprint density at radius 2 is 1.97 bits per heavy atom. The molecular weight excluding hydrogens is 539 g/mol. The number of nitrogens with one attached hydrogen (secondary N) is 3. The minimum Gasteiger partial charge on any atom is -0.497 e. The molecule has 0 aliphatic carbocycles. The van der Waals surface area contributed by atoms with Gasteiger partial charge in [-0.15, -0.1) is 24.0 Å². The predicted octanol–water partition coefficient (Wildman–Crippen LogP) is 4.20. The van der Waals surface area contributed by atoms with E-state index in [1.807, 2.05) is 23.9 Å². The second-order valence-electron chi connectivity index (χ2n) is 7.81. The summed E-state index contributed by atoms with van der Waals surface area (Å²) in [4.78, 5) is 8.37. The number of hydrogen-bond donors (Lipinski definition) is 3. The van der Waals surface area contributed by atoms with Crippen LogP contribution < -0.4 is 20.1 Å². The van der Waals surface area contributed by atoms with E-state index in [0.29, 0.717) is 0 Å². The highest BCUT2D eigenvalue weighted by Crippen LogP contribution is 2.34. The van der Waals surface area contributed by atoms with Crippen molar-refractivity contribution in [1.82, 2.24) is 15.6 Å². The number of ether oxygens (including phenoxy) is 3. The molecule has 0 atom stereocenters. The second-order valence-corrected chi connectivity index (χ2v) is 9.08. The summed E-state index contributed by atoms with van der Waals surface area (Å²) >= 11 is 1.92. The maximum absolute atomic E-state index is 5.54. The van der Waals surface area contributed by atoms with Crippen LogP contribution in [0.15, 0.2) is 23.2 Å². The van der Waals surface area contributed by atoms with E-state index < -0.39 is 0 Å². The highest BCUT2D eigenvalue weighted by Gasteiger charge is 2.31. The lowest BCUT2D eigenvalue weighted by Gasteiger charge is -2.34. The molecule has 2 heterocycles. The summed E-state index contributed by atoms with van der Waals surface area (Å²) in [6, 6.07) is 6.09. The van der Waals surface area contributed by atoms with E-state index in [9.17, 15) is 0 Å². The molecule has 1 aromatic carbocycles. The SMILES string of the molecule is CCNC(=NCC1(SC)CCOCC1)NCCCc1cc2c(OC)cc(OC)cc2[nH]1.I. The van der Waals surface area contributed by atoms with Crippen molar-refractivity contribution >= 4 is 52.6 Å². The maximum Gasteiger partial charge on any atom is 0.191 e. The molecule has 32 heavy (non-hydrogen) atoms. The van der Waals surface area contributed by atoms with Crippen molar-refractivity contribution in [2.45, 2.75) is 37.4 Å². The number of aromatic nitrogens is 1. The molecule has 1 aromatic heterocycles. The number of thioether (sulfide) groups is 1. The standard InChI is InChI=1S/C23H36N4O3S.HI/c1-5-24-22(26-16-23(31-4)8-11-30-12-9-23)25-10-6-7-17-13-19-20(27-17)14-18(28-2)15-21(19)29-3;/h13-15,27H,5-12,16H2,1-4H3,(H2,24,25,26);1H. The molecule has 0 bridgehead atoms. The molecule has 180 valence electrons. The van der Waals surface area contributed by atoms with Gasteiger partial charge in [0, 0.05) is 54.3 Å². The summed E-state index contributed by atoms with van der Waals surface area (Å²) in [5, 5.41) is 7.94. The first-order valence-electron chi connectivity index (χ1n) is 11.0. The second kappa shape index (κ2) is 13.4. The number of guanidine groups is 1. The third-order valence-electron chi connectivity index (χ3n) is 5.81. The van der Waals surface area contributed by atoms with Crippen LogP contribution in [0.1, 0.15) is 31.9 Å². The van der Waals surface area contributed by atoms with Crippen LogP contribution in [0.5, 0.6) is 11.5 Å². The highest BCUT2D eigenvalue weighted by atomic mass is 127. The zero-order valence-electron chi connectivity index (χ0n) is 19.6. The topological polar surface area (TPSA) is 79.9 Å². The summed E-state index contributed by atoms with van der Waals surface area (Å²) < 4.78 is 16.6. The summed E-state index contributed by atoms with van der Waals surface area (Å²) in [6.07, 6.45) is 6.25. The lowest BCUT2D eigenvalue weighted by Crippen LogP contribution is -2.41. The maximum atomic E-state index is 5.54. The molecule has 0 amide bonds. The van der Waals surface area contributed by atoms with Gasteiger partial charge in [0.05, 0.1) is 26.3 Å². The fourth-order valence-corrected chi connectivity index (χ4v) is 4.65. The summed E-state index contributed by atoms with van der Waals surface area (Å²) in [5.41, 5.74) is 2.22. The number of aliphatic imine (C=N–C) groups is 1. The Bertz CT molecular complexity index is 868. The zero-order valence-corrected chi connectivity index (χ0v) is 22.7. The average molecular weight is 577 g/mol. The number of aryl methyl sites for hydroxylation is 1. The Kier molecular flexibility index (Phi) is 11.3. The van der Waals surface area contributed by atoms with E-state index in [0.717, 1.165) is 86.9 Å². The first kappa shape index (κ1) is 26.9. The largest absolute Gasteiger partial charge is 0.497 e. The Hall–Kier alpha value is -1.33. The van der Waals surface area contributed by atoms with Crippen LogP contribution in [0.3, 0.4) is 0 Å². The third-order valence-corrected chi connectivity index (χ3v) is 7.21. The number of H-pyrrole nitrogens is 1. The van der Waals surface area contributed by atoms with Gasteiger partial charge in [-0.2, -0.15) is 11.8 Å². The highest BCUT2D eigenvalue weighted by molar-refractivity contribution is 14.0. The van der Waals surface area contributed by atoms with Crippen LogP contribution in [0, 0.1) is 0 Å². The van der Waals surface area contributed by atoms with E-state index in [-0.39, 0.29) is 28.7 Å². The van der Waals surface area contributed by atoms with Gasteiger partial charge < -0.3 is 29.8 Å². The fourth-order valence-electron chi connectivity index (χ4n) is 3.88. The molecule has 0 unspecified atom stereocenters. The van der Waals surface area contributed by atoms with Gasteiger partial charge in [0.25, 0.3) is 0 Å². The lowest BCUT2D eigenvalue weighted by molar-refractivity contribution is 0.0794. The summed E-state index contributed by atoms with van der Waals surface area (Å²) in [5.74, 6) is 2.51. The van der Waals surface area contributed by atoms with Crippen molar-refractivity contribution in [1.29, 1.82) is 0 Å². The first-order chi connectivity index (χ1) is 15.1. The number of rotatable bonds is 10. The minimum atomic E-state index is 0. The summed E-state index contributed by atoms with van der Waals surface area (Å²) in [6.45, 7) is 6.30. The smallest absolute Gasteiger partial charge is 0.191 e. The van der Waals surface area contributed by atoms with Gasteiger partial charge in [-0.25, -0.2) is 0 Å². The van der Waals surface area contributed by atoms with E-state index >= 15 is 0 Å². The molecule has 0 radical (unpaired) electrons. The van der Waals surface area contributed by atoms with Gasteiger partial charge >= 0.3 is 0 Å². The molecule has 1 aliphatic heterocycles. The Morgan fingerprint density at radius 1 is 1.19 bits per heavy atom. The van der Waals surface area contributed by atoms with Crippen molar-refractivity contribution in [2.75, 3.05) is 53.3 Å². The molecule has 0 spiro atoms. The molecule has 3 N–H and O–H groups in total. The van der Waals surface area contributed by atoms with Crippen LogP contribution >= 0.6 is 35.7 Å². The van der Waals surface area contributed by atoms with Gasteiger partial charge in [0.1, 0.15) is 11.5 Å². The number of benzene rings is 1. The molecule has 0 saturated carbocycles. The third kappa shape index (κ3) is 7.08. The minimum absolute atomic E-state index is 0. The van der Waals surface area contributed by atoms with Crippen molar-refractivity contribution in [3.8, 4) is 11.5 Å². The number of nitrogens with zero attached hydrogens (tertiary/aromatic N) is 1. The Labute approximate surface area is 212 Å². The number of halogens is 1. The molecular formula is C23H37IN4O3S. The van der Waals surface area contributed by atoms with Crippen LogP contribution in [0.4, 0.5) is 0 Å². The molecule has 7 nitrogen and oxygen atoms in total. The molecule has 1 fully saturated rings. The number of methoxy groups -OCH3 is 2. The van der Waals surface area contributed by atoms with E-state index in [1.165, 1.54) is 5.69 Å². The normalized spacial score (nSPS) is 15.8. The monoisotopic (exact) mass is 576 g/mol. The first-order valence-corrected chi connectivity index (χ1v) is 12.2.